The number of aliphatic hydroxyl groups is 1. The molecular weight excluding hydrogens is 248 g/mol. The molecule has 1 atom stereocenters. The number of thioether (sulfide) groups is 1. The molecule has 0 aliphatic carbocycles. The summed E-state index contributed by atoms with van der Waals surface area (Å²) in [5.41, 5.74) is 0.209. The van der Waals surface area contributed by atoms with Crippen molar-refractivity contribution in [3.63, 3.8) is 0 Å². The Morgan fingerprint density at radius 3 is 2.67 bits per heavy atom. The number of rotatable bonds is 7. The molecule has 0 aliphatic heterocycles. The highest BCUT2D eigenvalue weighted by atomic mass is 32.2. The van der Waals surface area contributed by atoms with E-state index in [0.717, 1.165) is 5.75 Å². The van der Waals surface area contributed by atoms with Crippen molar-refractivity contribution in [3.8, 4) is 0 Å². The SMILES string of the molecule is CCOC(=O)CC(C)(O)CSCc1ccccc1. The van der Waals surface area contributed by atoms with Crippen LogP contribution in [0.4, 0.5) is 0 Å². The van der Waals surface area contributed by atoms with Gasteiger partial charge in [0.2, 0.25) is 0 Å². The minimum atomic E-state index is -1.01. The van der Waals surface area contributed by atoms with Crippen molar-refractivity contribution in [2.45, 2.75) is 31.6 Å². The Bertz CT molecular complexity index is 363. The summed E-state index contributed by atoms with van der Waals surface area (Å²) in [6, 6.07) is 10.1. The van der Waals surface area contributed by atoms with Crippen LogP contribution in [0.15, 0.2) is 30.3 Å². The number of hydrogen-bond acceptors (Lipinski definition) is 4. The van der Waals surface area contributed by atoms with Crippen LogP contribution < -0.4 is 0 Å². The fraction of sp³-hybridized carbons (Fsp3) is 0.500. The third-order valence-corrected chi connectivity index (χ3v) is 3.72. The van der Waals surface area contributed by atoms with Crippen LogP contribution in [0.1, 0.15) is 25.8 Å². The monoisotopic (exact) mass is 268 g/mol. The normalized spacial score (nSPS) is 13.9. The van der Waals surface area contributed by atoms with Gasteiger partial charge in [-0.2, -0.15) is 11.8 Å². The van der Waals surface area contributed by atoms with Crippen molar-refractivity contribution in [3.05, 3.63) is 35.9 Å². The first-order valence-electron chi connectivity index (χ1n) is 6.03. The standard InChI is InChI=1S/C14H20O3S/c1-3-17-13(15)9-14(2,16)11-18-10-12-7-5-4-6-8-12/h4-8,16H,3,9-11H2,1-2H3. The van der Waals surface area contributed by atoms with Crippen LogP contribution in [0.5, 0.6) is 0 Å². The Morgan fingerprint density at radius 2 is 2.06 bits per heavy atom. The molecule has 0 heterocycles. The minimum absolute atomic E-state index is 0.0443. The molecule has 0 spiro atoms. The summed E-state index contributed by atoms with van der Waals surface area (Å²) in [6.07, 6.45) is 0.0443. The van der Waals surface area contributed by atoms with Gasteiger partial charge in [-0.15, -0.1) is 0 Å². The first kappa shape index (κ1) is 15.1. The Kier molecular flexibility index (Phi) is 6.22. The van der Waals surface area contributed by atoms with Gasteiger partial charge in [0.05, 0.1) is 18.6 Å². The zero-order chi connectivity index (χ0) is 13.4. The number of carbonyl (C=O) groups excluding carboxylic acids is 1. The largest absolute Gasteiger partial charge is 0.466 e. The highest BCUT2D eigenvalue weighted by Gasteiger charge is 2.25. The number of hydrogen-bond donors (Lipinski definition) is 1. The summed E-state index contributed by atoms with van der Waals surface area (Å²) in [5, 5.41) is 10.1. The quantitative estimate of drug-likeness (QED) is 0.772. The van der Waals surface area contributed by atoms with E-state index >= 15 is 0 Å². The van der Waals surface area contributed by atoms with E-state index in [9.17, 15) is 9.90 Å². The van der Waals surface area contributed by atoms with Crippen LogP contribution in [0.2, 0.25) is 0 Å². The Morgan fingerprint density at radius 1 is 1.39 bits per heavy atom. The lowest BCUT2D eigenvalue weighted by Gasteiger charge is -2.21. The zero-order valence-electron chi connectivity index (χ0n) is 10.9. The van der Waals surface area contributed by atoms with Crippen LogP contribution in [-0.4, -0.2) is 29.0 Å². The smallest absolute Gasteiger partial charge is 0.308 e. The van der Waals surface area contributed by atoms with E-state index in [-0.39, 0.29) is 12.4 Å². The van der Waals surface area contributed by atoms with E-state index in [4.69, 9.17) is 4.74 Å². The molecule has 1 aromatic carbocycles. The maximum absolute atomic E-state index is 11.3. The Balaban J connectivity index is 2.31. The molecule has 1 aromatic rings. The van der Waals surface area contributed by atoms with Crippen LogP contribution in [0.3, 0.4) is 0 Å². The predicted molar refractivity (Wildman–Crippen MR) is 74.5 cm³/mol. The summed E-state index contributed by atoms with van der Waals surface area (Å²) in [4.78, 5) is 11.3. The van der Waals surface area contributed by atoms with E-state index in [1.54, 1.807) is 25.6 Å². The molecule has 0 aliphatic rings. The fourth-order valence-corrected chi connectivity index (χ4v) is 2.61. The van der Waals surface area contributed by atoms with Crippen molar-refractivity contribution >= 4 is 17.7 Å². The van der Waals surface area contributed by atoms with Crippen molar-refractivity contribution in [1.82, 2.24) is 0 Å². The second-order valence-corrected chi connectivity index (χ2v) is 5.44. The zero-order valence-corrected chi connectivity index (χ0v) is 11.7. The lowest BCUT2D eigenvalue weighted by atomic mass is 10.1. The van der Waals surface area contributed by atoms with Gasteiger partial charge >= 0.3 is 5.97 Å². The van der Waals surface area contributed by atoms with Gasteiger partial charge in [0.25, 0.3) is 0 Å². The van der Waals surface area contributed by atoms with Gasteiger partial charge in [-0.1, -0.05) is 30.3 Å². The average Bonchev–Trinajstić information content (AvgIpc) is 2.29. The van der Waals surface area contributed by atoms with E-state index < -0.39 is 5.60 Å². The summed E-state index contributed by atoms with van der Waals surface area (Å²) in [7, 11) is 0. The molecule has 18 heavy (non-hydrogen) atoms. The summed E-state index contributed by atoms with van der Waals surface area (Å²) >= 11 is 1.62. The van der Waals surface area contributed by atoms with Gasteiger partial charge in [-0.25, -0.2) is 0 Å². The lowest BCUT2D eigenvalue weighted by molar-refractivity contribution is -0.147. The van der Waals surface area contributed by atoms with E-state index in [1.807, 2.05) is 30.3 Å². The second-order valence-electron chi connectivity index (χ2n) is 4.46. The van der Waals surface area contributed by atoms with Gasteiger partial charge in [0.15, 0.2) is 0 Å². The third-order valence-electron chi connectivity index (χ3n) is 2.36. The van der Waals surface area contributed by atoms with Gasteiger partial charge in [-0.3, -0.25) is 4.79 Å². The molecule has 100 valence electrons. The molecule has 0 saturated carbocycles. The van der Waals surface area contributed by atoms with Crippen LogP contribution in [-0.2, 0) is 15.3 Å². The van der Waals surface area contributed by atoms with E-state index in [0.29, 0.717) is 12.4 Å². The van der Waals surface area contributed by atoms with Crippen LogP contribution in [0.25, 0.3) is 0 Å². The second kappa shape index (κ2) is 7.44. The van der Waals surface area contributed by atoms with E-state index in [1.165, 1.54) is 5.56 Å². The van der Waals surface area contributed by atoms with E-state index in [2.05, 4.69) is 0 Å². The van der Waals surface area contributed by atoms with Crippen molar-refractivity contribution in [2.24, 2.45) is 0 Å². The molecule has 0 saturated heterocycles. The van der Waals surface area contributed by atoms with Crippen molar-refractivity contribution in [1.29, 1.82) is 0 Å². The van der Waals surface area contributed by atoms with Crippen molar-refractivity contribution in [2.75, 3.05) is 12.4 Å². The topological polar surface area (TPSA) is 46.5 Å². The van der Waals surface area contributed by atoms with Crippen LogP contribution in [0, 0.1) is 0 Å². The molecular formula is C14H20O3S. The molecule has 4 heteroatoms. The molecule has 0 bridgehead atoms. The van der Waals surface area contributed by atoms with Gasteiger partial charge in [-0.05, 0) is 19.4 Å². The highest BCUT2D eigenvalue weighted by molar-refractivity contribution is 7.98. The average molecular weight is 268 g/mol. The summed E-state index contributed by atoms with van der Waals surface area (Å²) < 4.78 is 4.83. The molecule has 0 radical (unpaired) electrons. The molecule has 0 fully saturated rings. The third kappa shape index (κ3) is 6.07. The summed E-state index contributed by atoms with van der Waals surface area (Å²) in [5.74, 6) is 1.00. The van der Waals surface area contributed by atoms with Crippen molar-refractivity contribution < 1.29 is 14.6 Å². The highest BCUT2D eigenvalue weighted by Crippen LogP contribution is 2.21. The molecule has 3 nitrogen and oxygen atoms in total. The summed E-state index contributed by atoms with van der Waals surface area (Å²) in [6.45, 7) is 3.78. The Labute approximate surface area is 113 Å². The number of esters is 1. The lowest BCUT2D eigenvalue weighted by Crippen LogP contribution is -2.31. The molecule has 1 N–H and O–H groups in total. The molecule has 1 rings (SSSR count). The molecule has 0 aromatic heterocycles. The van der Waals surface area contributed by atoms with Crippen LogP contribution >= 0.6 is 11.8 Å². The minimum Gasteiger partial charge on any atom is -0.466 e. The van der Waals surface area contributed by atoms with Gasteiger partial charge < -0.3 is 9.84 Å². The number of benzene rings is 1. The fourth-order valence-electron chi connectivity index (χ4n) is 1.54. The number of ether oxygens (including phenoxy) is 1. The Hall–Kier alpha value is -1.00. The maximum Gasteiger partial charge on any atom is 0.308 e. The number of carbonyl (C=O) groups is 1. The van der Waals surface area contributed by atoms with Gasteiger partial charge in [0, 0.05) is 11.5 Å². The first-order valence-corrected chi connectivity index (χ1v) is 7.18. The molecule has 1 unspecified atom stereocenters. The predicted octanol–water partition coefficient (Wildman–Crippen LogP) is 2.62. The molecule has 0 amide bonds. The first-order chi connectivity index (χ1) is 8.53. The maximum atomic E-state index is 11.3. The van der Waals surface area contributed by atoms with Gasteiger partial charge in [0.1, 0.15) is 0 Å².